The zero-order chi connectivity index (χ0) is 11.4. The van der Waals surface area contributed by atoms with Crippen LogP contribution in [0.25, 0.3) is 0 Å². The van der Waals surface area contributed by atoms with Crippen LogP contribution >= 0.6 is 0 Å². The first-order valence-electron chi connectivity index (χ1n) is 5.41. The number of nitrogens with one attached hydrogen (secondary N) is 1. The molecule has 0 saturated carbocycles. The molecule has 1 heterocycles. The van der Waals surface area contributed by atoms with Crippen molar-refractivity contribution in [2.24, 2.45) is 0 Å². The molecule has 0 amide bonds. The summed E-state index contributed by atoms with van der Waals surface area (Å²) in [5.74, 6) is 0.774. The molecule has 0 aliphatic rings. The van der Waals surface area contributed by atoms with Crippen LogP contribution in [0.1, 0.15) is 22.7 Å². The summed E-state index contributed by atoms with van der Waals surface area (Å²) in [4.78, 5) is 4.40. The SMILES string of the molecule is CNCc1coc(Cc2cccc(C)c2)n1. The Morgan fingerprint density at radius 2 is 2.25 bits per heavy atom. The number of nitrogens with zero attached hydrogens (tertiary/aromatic N) is 1. The first-order valence-corrected chi connectivity index (χ1v) is 5.41. The van der Waals surface area contributed by atoms with Gasteiger partial charge in [0.25, 0.3) is 0 Å². The predicted molar refractivity (Wildman–Crippen MR) is 63.3 cm³/mol. The fourth-order valence-electron chi connectivity index (χ4n) is 1.69. The van der Waals surface area contributed by atoms with Gasteiger partial charge in [0.05, 0.1) is 5.69 Å². The van der Waals surface area contributed by atoms with Crippen molar-refractivity contribution in [2.45, 2.75) is 19.9 Å². The van der Waals surface area contributed by atoms with Crippen LogP contribution in [0.5, 0.6) is 0 Å². The monoisotopic (exact) mass is 216 g/mol. The summed E-state index contributed by atoms with van der Waals surface area (Å²) < 4.78 is 5.41. The second kappa shape index (κ2) is 4.94. The number of hydrogen-bond donors (Lipinski definition) is 1. The molecule has 0 fully saturated rings. The molecular weight excluding hydrogens is 200 g/mol. The van der Waals surface area contributed by atoms with Crippen molar-refractivity contribution in [1.29, 1.82) is 0 Å². The van der Waals surface area contributed by atoms with E-state index in [1.165, 1.54) is 11.1 Å². The summed E-state index contributed by atoms with van der Waals surface area (Å²) in [7, 11) is 1.90. The summed E-state index contributed by atoms with van der Waals surface area (Å²) in [5.41, 5.74) is 3.45. The third kappa shape index (κ3) is 2.70. The number of rotatable bonds is 4. The summed E-state index contributed by atoms with van der Waals surface area (Å²) >= 11 is 0. The van der Waals surface area contributed by atoms with E-state index >= 15 is 0 Å². The fraction of sp³-hybridized carbons (Fsp3) is 0.308. The maximum absolute atomic E-state index is 5.41. The molecule has 0 saturated heterocycles. The zero-order valence-electron chi connectivity index (χ0n) is 9.66. The van der Waals surface area contributed by atoms with Gasteiger partial charge in [-0.15, -0.1) is 0 Å². The molecule has 3 heteroatoms. The minimum atomic E-state index is 0.747. The highest BCUT2D eigenvalue weighted by Crippen LogP contribution is 2.11. The van der Waals surface area contributed by atoms with E-state index in [-0.39, 0.29) is 0 Å². The number of oxazole rings is 1. The van der Waals surface area contributed by atoms with E-state index < -0.39 is 0 Å². The lowest BCUT2D eigenvalue weighted by molar-refractivity contribution is 0.506. The van der Waals surface area contributed by atoms with Crippen molar-refractivity contribution in [1.82, 2.24) is 10.3 Å². The molecule has 3 nitrogen and oxygen atoms in total. The normalized spacial score (nSPS) is 10.6. The average Bonchev–Trinajstić information content (AvgIpc) is 2.66. The van der Waals surface area contributed by atoms with Crippen molar-refractivity contribution in [3.63, 3.8) is 0 Å². The lowest BCUT2D eigenvalue weighted by atomic mass is 10.1. The Morgan fingerprint density at radius 1 is 1.38 bits per heavy atom. The van der Waals surface area contributed by atoms with E-state index in [2.05, 4.69) is 41.5 Å². The second-order valence-electron chi connectivity index (χ2n) is 3.93. The molecule has 0 aliphatic carbocycles. The molecule has 0 atom stereocenters. The van der Waals surface area contributed by atoms with E-state index in [1.54, 1.807) is 6.26 Å². The van der Waals surface area contributed by atoms with Gasteiger partial charge in [-0.05, 0) is 19.5 Å². The van der Waals surface area contributed by atoms with E-state index in [9.17, 15) is 0 Å². The van der Waals surface area contributed by atoms with Crippen LogP contribution in [-0.4, -0.2) is 12.0 Å². The van der Waals surface area contributed by atoms with Crippen molar-refractivity contribution >= 4 is 0 Å². The van der Waals surface area contributed by atoms with Gasteiger partial charge in [-0.2, -0.15) is 0 Å². The second-order valence-corrected chi connectivity index (χ2v) is 3.93. The lowest BCUT2D eigenvalue weighted by Crippen LogP contribution is -2.05. The summed E-state index contributed by atoms with van der Waals surface area (Å²) in [6, 6.07) is 8.39. The Morgan fingerprint density at radius 3 is 3.00 bits per heavy atom. The minimum absolute atomic E-state index is 0.747. The summed E-state index contributed by atoms with van der Waals surface area (Å²) in [6.07, 6.45) is 2.47. The Balaban J connectivity index is 2.08. The third-order valence-electron chi connectivity index (χ3n) is 2.40. The Hall–Kier alpha value is -1.61. The molecule has 84 valence electrons. The van der Waals surface area contributed by atoms with Crippen molar-refractivity contribution < 1.29 is 4.42 Å². The molecule has 0 unspecified atom stereocenters. The minimum Gasteiger partial charge on any atom is -0.448 e. The van der Waals surface area contributed by atoms with E-state index in [1.807, 2.05) is 7.05 Å². The number of aromatic nitrogens is 1. The van der Waals surface area contributed by atoms with E-state index in [4.69, 9.17) is 4.42 Å². The lowest BCUT2D eigenvalue weighted by Gasteiger charge is -1.98. The maximum atomic E-state index is 5.41. The zero-order valence-corrected chi connectivity index (χ0v) is 9.66. The molecule has 0 aliphatic heterocycles. The predicted octanol–water partition coefficient (Wildman–Crippen LogP) is 2.29. The van der Waals surface area contributed by atoms with Crippen LogP contribution in [-0.2, 0) is 13.0 Å². The van der Waals surface area contributed by atoms with Gasteiger partial charge in [-0.1, -0.05) is 29.8 Å². The Labute approximate surface area is 95.5 Å². The topological polar surface area (TPSA) is 38.1 Å². The van der Waals surface area contributed by atoms with E-state index in [0.717, 1.165) is 24.6 Å². The van der Waals surface area contributed by atoms with Crippen molar-refractivity contribution in [3.05, 3.63) is 53.2 Å². The van der Waals surface area contributed by atoms with Gasteiger partial charge >= 0.3 is 0 Å². The first kappa shape index (κ1) is 10.9. The van der Waals surface area contributed by atoms with Crippen LogP contribution in [0.4, 0.5) is 0 Å². The largest absolute Gasteiger partial charge is 0.448 e. The molecule has 1 aromatic heterocycles. The average molecular weight is 216 g/mol. The van der Waals surface area contributed by atoms with Crippen LogP contribution in [0.3, 0.4) is 0 Å². The molecule has 0 spiro atoms. The van der Waals surface area contributed by atoms with Gasteiger partial charge < -0.3 is 9.73 Å². The highest BCUT2D eigenvalue weighted by Gasteiger charge is 2.04. The summed E-state index contributed by atoms with van der Waals surface area (Å²) in [5, 5.41) is 3.05. The standard InChI is InChI=1S/C13H16N2O/c1-10-4-3-5-11(6-10)7-13-15-12(8-14-2)9-16-13/h3-6,9,14H,7-8H2,1-2H3. The number of benzene rings is 1. The fourth-order valence-corrected chi connectivity index (χ4v) is 1.69. The summed E-state index contributed by atoms with van der Waals surface area (Å²) in [6.45, 7) is 2.84. The van der Waals surface area contributed by atoms with Gasteiger partial charge in [0.2, 0.25) is 0 Å². The van der Waals surface area contributed by atoms with Gasteiger partial charge in [0.15, 0.2) is 5.89 Å². The highest BCUT2D eigenvalue weighted by molar-refractivity contribution is 5.24. The third-order valence-corrected chi connectivity index (χ3v) is 2.40. The van der Waals surface area contributed by atoms with Crippen LogP contribution in [0, 0.1) is 6.92 Å². The van der Waals surface area contributed by atoms with Crippen LogP contribution < -0.4 is 5.32 Å². The first-order chi connectivity index (χ1) is 7.78. The van der Waals surface area contributed by atoms with E-state index in [0.29, 0.717) is 0 Å². The van der Waals surface area contributed by atoms with Gasteiger partial charge in [-0.3, -0.25) is 0 Å². The molecule has 2 rings (SSSR count). The smallest absolute Gasteiger partial charge is 0.198 e. The van der Waals surface area contributed by atoms with Gasteiger partial charge in [-0.25, -0.2) is 4.98 Å². The number of hydrogen-bond acceptors (Lipinski definition) is 3. The van der Waals surface area contributed by atoms with Crippen molar-refractivity contribution in [3.8, 4) is 0 Å². The molecule has 0 radical (unpaired) electrons. The molecule has 2 aromatic rings. The quantitative estimate of drug-likeness (QED) is 0.852. The Kier molecular flexibility index (Phi) is 3.37. The Bertz CT molecular complexity index is 462. The van der Waals surface area contributed by atoms with Crippen LogP contribution in [0.15, 0.2) is 34.9 Å². The highest BCUT2D eigenvalue weighted by atomic mass is 16.3. The molecule has 1 N–H and O–H groups in total. The van der Waals surface area contributed by atoms with Gasteiger partial charge in [0.1, 0.15) is 6.26 Å². The molecular formula is C13H16N2O. The maximum Gasteiger partial charge on any atom is 0.198 e. The molecule has 1 aromatic carbocycles. The molecule has 16 heavy (non-hydrogen) atoms. The van der Waals surface area contributed by atoms with Gasteiger partial charge in [0, 0.05) is 13.0 Å². The number of aryl methyl sites for hydroxylation is 1. The van der Waals surface area contributed by atoms with Crippen LogP contribution in [0.2, 0.25) is 0 Å². The molecule has 0 bridgehead atoms. The van der Waals surface area contributed by atoms with Crippen molar-refractivity contribution in [2.75, 3.05) is 7.05 Å².